The van der Waals surface area contributed by atoms with Crippen LogP contribution in [0.1, 0.15) is 25.2 Å². The van der Waals surface area contributed by atoms with E-state index < -0.39 is 0 Å². The largest absolute Gasteiger partial charge is 0.497 e. The molecule has 1 aromatic heterocycles. The summed E-state index contributed by atoms with van der Waals surface area (Å²) in [6.07, 6.45) is 0.828. The zero-order valence-corrected chi connectivity index (χ0v) is 13.8. The molecule has 0 fully saturated rings. The Balaban J connectivity index is 2.30. The molecule has 0 unspecified atom stereocenters. The molecule has 0 aliphatic heterocycles. The van der Waals surface area contributed by atoms with Crippen molar-refractivity contribution < 1.29 is 4.74 Å². The Morgan fingerprint density at radius 1 is 1.14 bits per heavy atom. The van der Waals surface area contributed by atoms with Crippen LogP contribution in [0.15, 0.2) is 34.2 Å². The van der Waals surface area contributed by atoms with Crippen molar-refractivity contribution in [2.24, 2.45) is 0 Å². The molecule has 0 bridgehead atoms. The Hall–Kier alpha value is -1.75. The fourth-order valence-electron chi connectivity index (χ4n) is 1.89. The quantitative estimate of drug-likeness (QED) is 0.819. The SMILES string of the molecule is CCNc1nc(CC)nc(Sc2ccc(OC)cc2)c1C. The predicted octanol–water partition coefficient (Wildman–Crippen LogP) is 3.94. The Morgan fingerprint density at radius 2 is 1.86 bits per heavy atom. The minimum Gasteiger partial charge on any atom is -0.497 e. The van der Waals surface area contributed by atoms with Gasteiger partial charge in [-0.25, -0.2) is 9.97 Å². The number of aryl methyl sites for hydroxylation is 1. The lowest BCUT2D eigenvalue weighted by atomic mass is 10.3. The fraction of sp³-hybridized carbons (Fsp3) is 0.375. The van der Waals surface area contributed by atoms with Gasteiger partial charge in [0.1, 0.15) is 22.4 Å². The van der Waals surface area contributed by atoms with Gasteiger partial charge >= 0.3 is 0 Å². The van der Waals surface area contributed by atoms with Crippen molar-refractivity contribution >= 4 is 17.6 Å². The summed E-state index contributed by atoms with van der Waals surface area (Å²) < 4.78 is 5.19. The molecular weight excluding hydrogens is 282 g/mol. The molecule has 0 aliphatic rings. The first-order chi connectivity index (χ1) is 10.2. The number of ether oxygens (including phenoxy) is 1. The average Bonchev–Trinajstić information content (AvgIpc) is 2.52. The van der Waals surface area contributed by atoms with Gasteiger partial charge in [0.2, 0.25) is 0 Å². The van der Waals surface area contributed by atoms with Gasteiger partial charge in [-0.3, -0.25) is 0 Å². The maximum atomic E-state index is 5.19. The molecule has 0 saturated heterocycles. The molecule has 0 atom stereocenters. The molecule has 2 rings (SSSR count). The summed E-state index contributed by atoms with van der Waals surface area (Å²) >= 11 is 1.66. The van der Waals surface area contributed by atoms with Crippen molar-refractivity contribution in [1.29, 1.82) is 0 Å². The van der Waals surface area contributed by atoms with E-state index in [-0.39, 0.29) is 0 Å². The Morgan fingerprint density at radius 3 is 2.43 bits per heavy atom. The van der Waals surface area contributed by atoms with Crippen molar-refractivity contribution in [3.8, 4) is 5.75 Å². The first-order valence-electron chi connectivity index (χ1n) is 7.11. The van der Waals surface area contributed by atoms with Gasteiger partial charge in [-0.2, -0.15) is 0 Å². The van der Waals surface area contributed by atoms with Crippen LogP contribution >= 0.6 is 11.8 Å². The molecule has 4 nitrogen and oxygen atoms in total. The highest BCUT2D eigenvalue weighted by Crippen LogP contribution is 2.32. The van der Waals surface area contributed by atoms with Crippen LogP contribution in [0, 0.1) is 6.92 Å². The van der Waals surface area contributed by atoms with E-state index in [9.17, 15) is 0 Å². The lowest BCUT2D eigenvalue weighted by Crippen LogP contribution is -2.07. The monoisotopic (exact) mass is 303 g/mol. The zero-order chi connectivity index (χ0) is 15.2. The average molecular weight is 303 g/mol. The van der Waals surface area contributed by atoms with Crippen LogP contribution in [-0.4, -0.2) is 23.6 Å². The number of anilines is 1. The first-order valence-corrected chi connectivity index (χ1v) is 7.92. The number of hydrogen-bond donors (Lipinski definition) is 1. The summed E-state index contributed by atoms with van der Waals surface area (Å²) in [5.41, 5.74) is 1.09. The van der Waals surface area contributed by atoms with Crippen LogP contribution in [0.5, 0.6) is 5.75 Å². The van der Waals surface area contributed by atoms with Crippen molar-refractivity contribution in [2.75, 3.05) is 19.0 Å². The van der Waals surface area contributed by atoms with E-state index in [1.54, 1.807) is 18.9 Å². The molecule has 2 aromatic rings. The second-order valence-corrected chi connectivity index (χ2v) is 5.64. The predicted molar refractivity (Wildman–Crippen MR) is 87.4 cm³/mol. The van der Waals surface area contributed by atoms with Crippen LogP contribution < -0.4 is 10.1 Å². The molecule has 1 aromatic carbocycles. The lowest BCUT2D eigenvalue weighted by molar-refractivity contribution is 0.414. The van der Waals surface area contributed by atoms with Gasteiger partial charge in [0.15, 0.2) is 0 Å². The van der Waals surface area contributed by atoms with Gasteiger partial charge in [-0.15, -0.1) is 0 Å². The third-order valence-corrected chi connectivity index (χ3v) is 4.18. The molecule has 0 amide bonds. The van der Waals surface area contributed by atoms with E-state index in [0.717, 1.165) is 45.8 Å². The topological polar surface area (TPSA) is 47.0 Å². The van der Waals surface area contributed by atoms with Crippen molar-refractivity contribution in [1.82, 2.24) is 9.97 Å². The molecule has 0 aliphatic carbocycles. The second-order valence-electron chi connectivity index (χ2n) is 4.58. The van der Waals surface area contributed by atoms with Crippen LogP contribution in [0.25, 0.3) is 0 Å². The maximum Gasteiger partial charge on any atom is 0.133 e. The summed E-state index contributed by atoms with van der Waals surface area (Å²) in [4.78, 5) is 10.3. The van der Waals surface area contributed by atoms with Gasteiger partial charge in [0.25, 0.3) is 0 Å². The molecule has 21 heavy (non-hydrogen) atoms. The summed E-state index contributed by atoms with van der Waals surface area (Å²) in [7, 11) is 1.67. The van der Waals surface area contributed by atoms with E-state index >= 15 is 0 Å². The van der Waals surface area contributed by atoms with E-state index in [1.807, 2.05) is 24.3 Å². The second kappa shape index (κ2) is 7.31. The minimum atomic E-state index is 0.828. The molecule has 5 heteroatoms. The standard InChI is InChI=1S/C16H21N3OS/c1-5-14-18-15(17-6-2)11(3)16(19-14)21-13-9-7-12(20-4)8-10-13/h7-10H,5-6H2,1-4H3,(H,17,18,19). The fourth-order valence-corrected chi connectivity index (χ4v) is 2.79. The Bertz CT molecular complexity index is 599. The molecule has 112 valence electrons. The number of benzene rings is 1. The number of aromatic nitrogens is 2. The normalized spacial score (nSPS) is 10.5. The molecule has 0 saturated carbocycles. The van der Waals surface area contributed by atoms with Crippen LogP contribution in [0.3, 0.4) is 0 Å². The molecule has 1 N–H and O–H groups in total. The Labute approximate surface area is 130 Å². The number of nitrogens with one attached hydrogen (secondary N) is 1. The van der Waals surface area contributed by atoms with Crippen molar-refractivity contribution in [3.05, 3.63) is 35.7 Å². The highest BCUT2D eigenvalue weighted by molar-refractivity contribution is 7.99. The zero-order valence-electron chi connectivity index (χ0n) is 12.9. The lowest BCUT2D eigenvalue weighted by Gasteiger charge is -2.12. The summed E-state index contributed by atoms with van der Waals surface area (Å²) in [5, 5.41) is 4.31. The molecular formula is C16H21N3OS. The highest BCUT2D eigenvalue weighted by atomic mass is 32.2. The van der Waals surface area contributed by atoms with Crippen LogP contribution in [0.2, 0.25) is 0 Å². The van der Waals surface area contributed by atoms with Gasteiger partial charge in [0.05, 0.1) is 7.11 Å². The maximum absolute atomic E-state index is 5.19. The van der Waals surface area contributed by atoms with Crippen molar-refractivity contribution in [2.45, 2.75) is 37.1 Å². The van der Waals surface area contributed by atoms with Gasteiger partial charge in [0, 0.05) is 23.4 Å². The highest BCUT2D eigenvalue weighted by Gasteiger charge is 2.11. The smallest absolute Gasteiger partial charge is 0.133 e. The first kappa shape index (κ1) is 15.6. The number of rotatable bonds is 6. The molecule has 0 radical (unpaired) electrons. The summed E-state index contributed by atoms with van der Waals surface area (Å²) in [6, 6.07) is 8.02. The summed E-state index contributed by atoms with van der Waals surface area (Å²) in [5.74, 6) is 2.66. The van der Waals surface area contributed by atoms with Gasteiger partial charge in [-0.05, 0) is 38.1 Å². The third-order valence-electron chi connectivity index (χ3n) is 3.08. The molecule has 1 heterocycles. The number of nitrogens with zero attached hydrogens (tertiary/aromatic N) is 2. The Kier molecular flexibility index (Phi) is 5.44. The molecule has 0 spiro atoms. The van der Waals surface area contributed by atoms with Crippen molar-refractivity contribution in [3.63, 3.8) is 0 Å². The summed E-state index contributed by atoms with van der Waals surface area (Å²) in [6.45, 7) is 7.06. The number of methoxy groups -OCH3 is 1. The van der Waals surface area contributed by atoms with Gasteiger partial charge < -0.3 is 10.1 Å². The van der Waals surface area contributed by atoms with Crippen LogP contribution in [0.4, 0.5) is 5.82 Å². The van der Waals surface area contributed by atoms with Gasteiger partial charge in [-0.1, -0.05) is 18.7 Å². The van der Waals surface area contributed by atoms with Crippen LogP contribution in [-0.2, 0) is 6.42 Å². The van der Waals surface area contributed by atoms with E-state index in [2.05, 4.69) is 36.1 Å². The van der Waals surface area contributed by atoms with E-state index in [1.165, 1.54) is 0 Å². The van der Waals surface area contributed by atoms with E-state index in [0.29, 0.717) is 0 Å². The minimum absolute atomic E-state index is 0.828. The number of hydrogen-bond acceptors (Lipinski definition) is 5. The third kappa shape index (κ3) is 3.88. The van der Waals surface area contributed by atoms with E-state index in [4.69, 9.17) is 4.74 Å².